The number of hydrogen-bond acceptors (Lipinski definition) is 18. The lowest BCUT2D eigenvalue weighted by atomic mass is 9.96. The first-order chi connectivity index (χ1) is 24.3. The Labute approximate surface area is 295 Å². The largest absolute Gasteiger partial charge is 0.463 e. The average Bonchev–Trinajstić information content (AvgIpc) is 3.13. The van der Waals surface area contributed by atoms with Gasteiger partial charge in [0.25, 0.3) is 0 Å². The number of esters is 7. The van der Waals surface area contributed by atoms with Gasteiger partial charge in [-0.05, 0) is 0 Å². The van der Waals surface area contributed by atoms with Gasteiger partial charge in [-0.3, -0.25) is 33.6 Å². The molecule has 10 atom stereocenters. The summed E-state index contributed by atoms with van der Waals surface area (Å²) < 4.78 is 56.8. The molecule has 2 heterocycles. The quantitative estimate of drug-likeness (QED) is 0.155. The summed E-state index contributed by atoms with van der Waals surface area (Å²) in [4.78, 5) is 87.7. The van der Waals surface area contributed by atoms with Crippen LogP contribution in [0.15, 0.2) is 0 Å². The van der Waals surface area contributed by atoms with Crippen LogP contribution in [0.5, 0.6) is 0 Å². The third-order valence-corrected chi connectivity index (χ3v) is 7.67. The maximum Gasteiger partial charge on any atom is 0.306 e. The minimum absolute atomic E-state index is 0.0285. The number of rotatable bonds is 18. The van der Waals surface area contributed by atoms with Crippen LogP contribution >= 0.6 is 0 Å². The molecule has 0 bridgehead atoms. The van der Waals surface area contributed by atoms with Crippen molar-refractivity contribution in [3.05, 3.63) is 0 Å². The van der Waals surface area contributed by atoms with Gasteiger partial charge in [-0.25, -0.2) is 0 Å². The van der Waals surface area contributed by atoms with Gasteiger partial charge in [0, 0.05) is 44.9 Å². The average molecular weight is 735 g/mol. The standard InChI is InChI=1S/C33H50O18/c1-8-19(34)42-15-17-27(28(47-22(37)11-4)30(32(41)44-17)49-24(39)13-6)51-33-31(50-25(40)14-7)29(48-23(38)12-5)26(46-21(36)10-3)18(45-33)16-43-20(35)9-2/h17-18,26-33,41H,8-16H2,1-7H3/t17-,18-,26+,27-,28+,29+,30-,31-,32-,33+/m1/s1. The monoisotopic (exact) mass is 734 g/mol. The van der Waals surface area contributed by atoms with Crippen LogP contribution in [0, 0.1) is 0 Å². The molecule has 290 valence electrons. The van der Waals surface area contributed by atoms with Crippen molar-refractivity contribution in [1.82, 2.24) is 0 Å². The summed E-state index contributed by atoms with van der Waals surface area (Å²) in [5.41, 5.74) is 0. The molecule has 0 unspecified atom stereocenters. The highest BCUT2D eigenvalue weighted by atomic mass is 16.8. The number of aliphatic hydroxyl groups excluding tert-OH is 1. The minimum Gasteiger partial charge on any atom is -0.463 e. The smallest absolute Gasteiger partial charge is 0.306 e. The minimum atomic E-state index is -1.90. The summed E-state index contributed by atoms with van der Waals surface area (Å²) in [6.07, 6.45) is -17.1. The van der Waals surface area contributed by atoms with Crippen LogP contribution in [0.3, 0.4) is 0 Å². The van der Waals surface area contributed by atoms with Crippen LogP contribution in [0.2, 0.25) is 0 Å². The van der Waals surface area contributed by atoms with Gasteiger partial charge < -0.3 is 52.5 Å². The Balaban J connectivity index is 2.77. The molecule has 51 heavy (non-hydrogen) atoms. The molecule has 1 N–H and O–H groups in total. The van der Waals surface area contributed by atoms with Gasteiger partial charge in [-0.15, -0.1) is 0 Å². The van der Waals surface area contributed by atoms with E-state index in [-0.39, 0.29) is 44.9 Å². The highest BCUT2D eigenvalue weighted by molar-refractivity contribution is 5.72. The van der Waals surface area contributed by atoms with Crippen molar-refractivity contribution in [3.8, 4) is 0 Å². The van der Waals surface area contributed by atoms with Crippen LogP contribution in [-0.2, 0) is 80.9 Å². The van der Waals surface area contributed by atoms with Gasteiger partial charge in [0.15, 0.2) is 43.1 Å². The fraction of sp³-hybridized carbons (Fsp3) is 0.788. The fourth-order valence-electron chi connectivity index (χ4n) is 4.86. The molecule has 2 fully saturated rings. The maximum atomic E-state index is 12.8. The number of aliphatic hydroxyl groups is 1. The molecule has 18 heteroatoms. The SMILES string of the molecule is CCC(=O)OC[C@H]1O[C@@H](O[C@H]2[C@H](OC(=O)CC)[C@@H](OC(=O)CC)[C@H](O)O[C@@H]2COC(=O)CC)[C@H](OC(=O)CC)[C@@H](OC(=O)CC)[C@H]1OC(=O)CC. The zero-order valence-corrected chi connectivity index (χ0v) is 30.0. The number of hydrogen-bond donors (Lipinski definition) is 1. The van der Waals surface area contributed by atoms with E-state index in [4.69, 9.17) is 47.4 Å². The van der Waals surface area contributed by atoms with Crippen LogP contribution in [0.25, 0.3) is 0 Å². The first-order valence-corrected chi connectivity index (χ1v) is 17.2. The summed E-state index contributed by atoms with van der Waals surface area (Å²) >= 11 is 0. The van der Waals surface area contributed by atoms with Crippen molar-refractivity contribution >= 4 is 41.8 Å². The molecule has 0 amide bonds. The summed E-state index contributed by atoms with van der Waals surface area (Å²) in [6.45, 7) is 9.41. The molecule has 0 aromatic rings. The van der Waals surface area contributed by atoms with Crippen molar-refractivity contribution < 1.29 is 86.0 Å². The zero-order chi connectivity index (χ0) is 38.2. The lowest BCUT2D eigenvalue weighted by molar-refractivity contribution is -0.357. The first kappa shape index (κ1) is 43.3. The molecule has 0 aromatic carbocycles. The van der Waals surface area contributed by atoms with Crippen LogP contribution in [0.4, 0.5) is 0 Å². The highest BCUT2D eigenvalue weighted by Crippen LogP contribution is 2.35. The third-order valence-electron chi connectivity index (χ3n) is 7.67. The lowest BCUT2D eigenvalue weighted by Gasteiger charge is -2.48. The lowest BCUT2D eigenvalue weighted by Crippen LogP contribution is -2.67. The Hall–Kier alpha value is -3.87. The van der Waals surface area contributed by atoms with Gasteiger partial charge in [0.2, 0.25) is 0 Å². The van der Waals surface area contributed by atoms with E-state index in [1.807, 2.05) is 0 Å². The molecule has 0 radical (unpaired) electrons. The van der Waals surface area contributed by atoms with Crippen molar-refractivity contribution in [2.24, 2.45) is 0 Å². The van der Waals surface area contributed by atoms with E-state index in [2.05, 4.69) is 0 Å². The van der Waals surface area contributed by atoms with E-state index in [0.29, 0.717) is 0 Å². The van der Waals surface area contributed by atoms with E-state index in [1.165, 1.54) is 41.5 Å². The second-order valence-electron chi connectivity index (χ2n) is 11.3. The number of carbonyl (C=O) groups is 7. The van der Waals surface area contributed by atoms with Gasteiger partial charge in [-0.2, -0.15) is 0 Å². The van der Waals surface area contributed by atoms with Crippen molar-refractivity contribution in [3.63, 3.8) is 0 Å². The fourth-order valence-corrected chi connectivity index (χ4v) is 4.86. The maximum absolute atomic E-state index is 12.8. The van der Waals surface area contributed by atoms with E-state index in [1.54, 1.807) is 6.92 Å². The van der Waals surface area contributed by atoms with E-state index in [0.717, 1.165) is 0 Å². The first-order valence-electron chi connectivity index (χ1n) is 17.2. The molecular weight excluding hydrogens is 684 g/mol. The van der Waals surface area contributed by atoms with E-state index >= 15 is 0 Å². The Bertz CT molecular complexity index is 1200. The predicted octanol–water partition coefficient (Wildman–Crippen LogP) is 1.33. The summed E-state index contributed by atoms with van der Waals surface area (Å²) in [6, 6.07) is 0. The Morgan fingerprint density at radius 2 is 0.765 bits per heavy atom. The molecule has 0 saturated carbocycles. The summed E-state index contributed by atoms with van der Waals surface area (Å²) in [5, 5.41) is 10.9. The Morgan fingerprint density at radius 3 is 1.18 bits per heavy atom. The molecule has 2 rings (SSSR count). The van der Waals surface area contributed by atoms with Gasteiger partial charge >= 0.3 is 41.8 Å². The van der Waals surface area contributed by atoms with Crippen molar-refractivity contribution in [2.75, 3.05) is 13.2 Å². The van der Waals surface area contributed by atoms with Gasteiger partial charge in [0.1, 0.15) is 31.5 Å². The molecular formula is C33H50O18. The Morgan fingerprint density at radius 1 is 0.431 bits per heavy atom. The van der Waals surface area contributed by atoms with Gasteiger partial charge in [0.05, 0.1) is 0 Å². The topological polar surface area (TPSA) is 232 Å². The van der Waals surface area contributed by atoms with Crippen LogP contribution in [0.1, 0.15) is 93.4 Å². The highest BCUT2D eigenvalue weighted by Gasteiger charge is 2.57. The van der Waals surface area contributed by atoms with E-state index < -0.39 is 116 Å². The molecule has 2 saturated heterocycles. The van der Waals surface area contributed by atoms with Crippen molar-refractivity contribution in [1.29, 1.82) is 0 Å². The normalized spacial score (nSPS) is 28.8. The predicted molar refractivity (Wildman–Crippen MR) is 168 cm³/mol. The van der Waals surface area contributed by atoms with E-state index in [9.17, 15) is 38.7 Å². The number of carbonyl (C=O) groups excluding carboxylic acids is 7. The third kappa shape index (κ3) is 12.7. The summed E-state index contributed by atoms with van der Waals surface area (Å²) in [7, 11) is 0. The van der Waals surface area contributed by atoms with Crippen molar-refractivity contribution in [2.45, 2.75) is 155 Å². The Kier molecular flexibility index (Phi) is 18.2. The molecule has 18 nitrogen and oxygen atoms in total. The molecule has 0 aromatic heterocycles. The second-order valence-corrected chi connectivity index (χ2v) is 11.3. The van der Waals surface area contributed by atoms with Crippen LogP contribution in [-0.4, -0.2) is 122 Å². The van der Waals surface area contributed by atoms with Gasteiger partial charge in [-0.1, -0.05) is 48.5 Å². The molecule has 2 aliphatic rings. The molecule has 0 spiro atoms. The number of ether oxygens (including phenoxy) is 10. The summed E-state index contributed by atoms with van der Waals surface area (Å²) in [5.74, 6) is -5.31. The molecule has 0 aliphatic carbocycles. The molecule has 2 aliphatic heterocycles. The van der Waals surface area contributed by atoms with Crippen LogP contribution < -0.4 is 0 Å². The second kappa shape index (κ2) is 21.5. The zero-order valence-electron chi connectivity index (χ0n) is 30.0.